The van der Waals surface area contributed by atoms with Gasteiger partial charge in [0.2, 0.25) is 0 Å². The number of quaternary nitrogens is 1. The zero-order valence-corrected chi connectivity index (χ0v) is 17.1. The third-order valence-electron chi connectivity index (χ3n) is 6.93. The summed E-state index contributed by atoms with van der Waals surface area (Å²) in [6.45, 7) is 6.82. The summed E-state index contributed by atoms with van der Waals surface area (Å²) in [5.41, 5.74) is 5.00. The van der Waals surface area contributed by atoms with Crippen LogP contribution in [0.3, 0.4) is 0 Å². The smallest absolute Gasteiger partial charge is 0.150 e. The second-order valence-corrected chi connectivity index (χ2v) is 8.58. The summed E-state index contributed by atoms with van der Waals surface area (Å²) in [6, 6.07) is 18.1. The highest BCUT2D eigenvalue weighted by molar-refractivity contribution is 5.75. The van der Waals surface area contributed by atoms with Crippen molar-refractivity contribution < 1.29 is 9.69 Å². The molecule has 2 aromatic carbocycles. The van der Waals surface area contributed by atoms with Crippen LogP contribution in [0.15, 0.2) is 48.5 Å². The van der Waals surface area contributed by atoms with Gasteiger partial charge in [0.25, 0.3) is 0 Å². The number of piperazine rings is 1. The van der Waals surface area contributed by atoms with Gasteiger partial charge in [0.15, 0.2) is 0 Å². The standard InChI is InChI=1S/C25H32N2O/c1-20(22-9-11-24(12-10-22)23-5-3-2-4-6-23)26-15-17-27(18-16-26)25-13-7-21(19-28)8-14-25/h7-14,19-20,23H,2-6,15-18H2,1H3/p+1/t20-/m0/s1. The molecular weight excluding hydrogens is 344 g/mol. The Hall–Kier alpha value is -2.13. The second-order valence-electron chi connectivity index (χ2n) is 8.58. The molecule has 1 aliphatic heterocycles. The SMILES string of the molecule is C[C@@H](c1ccc(C2CCCCC2)cc1)[NH+]1CCN(c2ccc(C=O)cc2)CC1. The first-order valence-corrected chi connectivity index (χ1v) is 11.0. The van der Waals surface area contributed by atoms with E-state index in [1.807, 2.05) is 12.1 Å². The molecule has 1 atom stereocenters. The van der Waals surface area contributed by atoms with Gasteiger partial charge >= 0.3 is 0 Å². The van der Waals surface area contributed by atoms with Crippen LogP contribution in [0.2, 0.25) is 0 Å². The predicted molar refractivity (Wildman–Crippen MR) is 115 cm³/mol. The van der Waals surface area contributed by atoms with Crippen LogP contribution in [-0.4, -0.2) is 32.5 Å². The zero-order valence-electron chi connectivity index (χ0n) is 17.1. The average Bonchev–Trinajstić information content (AvgIpc) is 2.79. The molecule has 3 nitrogen and oxygen atoms in total. The van der Waals surface area contributed by atoms with Gasteiger partial charge in [-0.25, -0.2) is 0 Å². The third-order valence-corrected chi connectivity index (χ3v) is 6.93. The summed E-state index contributed by atoms with van der Waals surface area (Å²) in [6.07, 6.45) is 7.87. The molecule has 2 aliphatic rings. The number of benzene rings is 2. The molecule has 0 aromatic heterocycles. The number of nitrogens with one attached hydrogen (secondary N) is 1. The lowest BCUT2D eigenvalue weighted by Crippen LogP contribution is -3.14. The van der Waals surface area contributed by atoms with Gasteiger partial charge in [-0.05, 0) is 55.5 Å². The number of anilines is 1. The molecule has 1 saturated carbocycles. The Kier molecular flexibility index (Phi) is 6.11. The Bertz CT molecular complexity index is 754. The van der Waals surface area contributed by atoms with E-state index in [0.717, 1.165) is 43.9 Å². The number of carbonyl (C=O) groups excluding carboxylic acids is 1. The molecule has 0 spiro atoms. The summed E-state index contributed by atoms with van der Waals surface area (Å²) in [7, 11) is 0. The number of nitrogens with zero attached hydrogens (tertiary/aromatic N) is 1. The normalized spacial score (nSPS) is 20.1. The molecule has 0 unspecified atom stereocenters. The maximum absolute atomic E-state index is 10.8. The zero-order chi connectivity index (χ0) is 19.3. The summed E-state index contributed by atoms with van der Waals surface area (Å²) >= 11 is 0. The Morgan fingerprint density at radius 1 is 0.929 bits per heavy atom. The Labute approximate surface area is 169 Å². The van der Waals surface area contributed by atoms with E-state index in [-0.39, 0.29) is 0 Å². The highest BCUT2D eigenvalue weighted by atomic mass is 16.1. The summed E-state index contributed by atoms with van der Waals surface area (Å²) in [5, 5.41) is 0. The number of hydrogen-bond donors (Lipinski definition) is 1. The fraction of sp³-hybridized carbons (Fsp3) is 0.480. The minimum absolute atomic E-state index is 0.542. The summed E-state index contributed by atoms with van der Waals surface area (Å²) < 4.78 is 0. The van der Waals surface area contributed by atoms with Gasteiger partial charge in [-0.1, -0.05) is 43.5 Å². The van der Waals surface area contributed by atoms with Gasteiger partial charge in [0, 0.05) is 16.8 Å². The molecule has 28 heavy (non-hydrogen) atoms. The van der Waals surface area contributed by atoms with E-state index in [1.165, 1.54) is 43.4 Å². The molecule has 148 valence electrons. The lowest BCUT2D eigenvalue weighted by atomic mass is 9.83. The number of carbonyl (C=O) groups is 1. The summed E-state index contributed by atoms with van der Waals surface area (Å²) in [4.78, 5) is 15.0. The van der Waals surface area contributed by atoms with E-state index in [9.17, 15) is 4.79 Å². The Balaban J connectivity index is 1.34. The second kappa shape index (κ2) is 8.91. The first kappa shape index (κ1) is 19.2. The van der Waals surface area contributed by atoms with E-state index >= 15 is 0 Å². The van der Waals surface area contributed by atoms with Crippen LogP contribution in [0.1, 0.15) is 72.5 Å². The molecule has 0 bridgehead atoms. The van der Waals surface area contributed by atoms with E-state index in [4.69, 9.17) is 0 Å². The Morgan fingerprint density at radius 3 is 2.18 bits per heavy atom. The van der Waals surface area contributed by atoms with Crippen molar-refractivity contribution in [1.82, 2.24) is 0 Å². The fourth-order valence-electron chi connectivity index (χ4n) is 4.98. The largest absolute Gasteiger partial charge is 0.360 e. The van der Waals surface area contributed by atoms with E-state index in [0.29, 0.717) is 6.04 Å². The first-order valence-electron chi connectivity index (χ1n) is 11.0. The van der Waals surface area contributed by atoms with Crippen LogP contribution in [0, 0.1) is 0 Å². The van der Waals surface area contributed by atoms with Gasteiger partial charge < -0.3 is 9.80 Å². The minimum Gasteiger partial charge on any atom is -0.360 e. The molecule has 0 radical (unpaired) electrons. The number of rotatable bonds is 5. The van der Waals surface area contributed by atoms with E-state index < -0.39 is 0 Å². The molecule has 1 saturated heterocycles. The molecule has 3 heteroatoms. The molecule has 0 amide bonds. The van der Waals surface area contributed by atoms with Gasteiger partial charge in [0.1, 0.15) is 12.3 Å². The van der Waals surface area contributed by atoms with Crippen LogP contribution < -0.4 is 9.80 Å². The Morgan fingerprint density at radius 2 is 1.57 bits per heavy atom. The molecule has 1 heterocycles. The van der Waals surface area contributed by atoms with Crippen LogP contribution in [0.4, 0.5) is 5.69 Å². The van der Waals surface area contributed by atoms with Crippen LogP contribution in [0.25, 0.3) is 0 Å². The van der Waals surface area contributed by atoms with Gasteiger partial charge in [-0.2, -0.15) is 0 Å². The number of aldehydes is 1. The maximum Gasteiger partial charge on any atom is 0.150 e. The van der Waals surface area contributed by atoms with E-state index in [1.54, 1.807) is 10.5 Å². The van der Waals surface area contributed by atoms with Crippen molar-refractivity contribution >= 4 is 12.0 Å². The van der Waals surface area contributed by atoms with Gasteiger partial charge in [-0.15, -0.1) is 0 Å². The molecule has 2 fully saturated rings. The molecule has 2 aromatic rings. The third kappa shape index (κ3) is 4.30. The van der Waals surface area contributed by atoms with Crippen molar-refractivity contribution in [3.05, 3.63) is 65.2 Å². The van der Waals surface area contributed by atoms with Crippen molar-refractivity contribution in [2.24, 2.45) is 0 Å². The summed E-state index contributed by atoms with van der Waals surface area (Å²) in [5.74, 6) is 0.791. The van der Waals surface area contributed by atoms with Crippen LogP contribution in [0.5, 0.6) is 0 Å². The van der Waals surface area contributed by atoms with Crippen molar-refractivity contribution in [1.29, 1.82) is 0 Å². The van der Waals surface area contributed by atoms with Gasteiger partial charge in [-0.3, -0.25) is 4.79 Å². The molecule has 1 N–H and O–H groups in total. The van der Waals surface area contributed by atoms with E-state index in [2.05, 4.69) is 48.2 Å². The maximum atomic E-state index is 10.8. The van der Waals surface area contributed by atoms with Crippen molar-refractivity contribution in [3.63, 3.8) is 0 Å². The number of hydrogen-bond acceptors (Lipinski definition) is 2. The molecule has 4 rings (SSSR count). The predicted octanol–water partition coefficient (Wildman–Crippen LogP) is 4.01. The lowest BCUT2D eigenvalue weighted by Gasteiger charge is -2.36. The highest BCUT2D eigenvalue weighted by Crippen LogP contribution is 2.32. The topological polar surface area (TPSA) is 24.8 Å². The van der Waals surface area contributed by atoms with Crippen LogP contribution in [-0.2, 0) is 0 Å². The monoisotopic (exact) mass is 377 g/mol. The quantitative estimate of drug-likeness (QED) is 0.796. The minimum atomic E-state index is 0.542. The molecule has 1 aliphatic carbocycles. The highest BCUT2D eigenvalue weighted by Gasteiger charge is 2.26. The van der Waals surface area contributed by atoms with Crippen molar-refractivity contribution in [3.8, 4) is 0 Å². The lowest BCUT2D eigenvalue weighted by molar-refractivity contribution is -0.930. The van der Waals surface area contributed by atoms with Crippen molar-refractivity contribution in [2.45, 2.75) is 51.0 Å². The van der Waals surface area contributed by atoms with Gasteiger partial charge in [0.05, 0.1) is 26.2 Å². The fourth-order valence-corrected chi connectivity index (χ4v) is 4.98. The van der Waals surface area contributed by atoms with Crippen molar-refractivity contribution in [2.75, 3.05) is 31.1 Å². The molecular formula is C25H33N2O+. The average molecular weight is 378 g/mol. The first-order chi connectivity index (χ1) is 13.7. The van der Waals surface area contributed by atoms with Crippen LogP contribution >= 0.6 is 0 Å².